The van der Waals surface area contributed by atoms with Crippen LogP contribution in [0.2, 0.25) is 0 Å². The molecule has 114 valence electrons. The number of amides is 1. The lowest BCUT2D eigenvalue weighted by Gasteiger charge is -2.33. The number of benzene rings is 1. The monoisotopic (exact) mass is 291 g/mol. The topological polar surface area (TPSA) is 75.6 Å². The van der Waals surface area contributed by atoms with E-state index in [1.54, 1.807) is 0 Å². The molecule has 0 saturated heterocycles. The first-order chi connectivity index (χ1) is 9.99. The summed E-state index contributed by atoms with van der Waals surface area (Å²) in [6.45, 7) is 3.86. The van der Waals surface area contributed by atoms with Gasteiger partial charge < -0.3 is 15.2 Å². The van der Waals surface area contributed by atoms with E-state index in [0.717, 1.165) is 5.56 Å². The Morgan fingerprint density at radius 3 is 2.71 bits per heavy atom. The van der Waals surface area contributed by atoms with E-state index in [1.807, 2.05) is 38.1 Å². The smallest absolute Gasteiger partial charge is 0.306 e. The summed E-state index contributed by atoms with van der Waals surface area (Å²) in [7, 11) is 0. The average Bonchev–Trinajstić information content (AvgIpc) is 2.39. The molecule has 5 heteroatoms. The van der Waals surface area contributed by atoms with Gasteiger partial charge in [0.05, 0.1) is 5.92 Å². The number of carboxylic acid groups (broad SMARTS) is 1. The molecule has 21 heavy (non-hydrogen) atoms. The van der Waals surface area contributed by atoms with Crippen LogP contribution in [0.15, 0.2) is 24.3 Å². The molecule has 1 aliphatic carbocycles. The number of rotatable bonds is 6. The molecule has 1 amide bonds. The summed E-state index contributed by atoms with van der Waals surface area (Å²) >= 11 is 0. The molecule has 2 rings (SSSR count). The van der Waals surface area contributed by atoms with Crippen molar-refractivity contribution < 1.29 is 19.4 Å². The van der Waals surface area contributed by atoms with Crippen LogP contribution in [0, 0.1) is 12.8 Å². The molecule has 1 fully saturated rings. The van der Waals surface area contributed by atoms with E-state index in [2.05, 4.69) is 5.32 Å². The Morgan fingerprint density at radius 1 is 1.43 bits per heavy atom. The molecule has 1 aliphatic rings. The summed E-state index contributed by atoms with van der Waals surface area (Å²) in [4.78, 5) is 22.9. The molecule has 0 spiro atoms. The van der Waals surface area contributed by atoms with Crippen molar-refractivity contribution in [3.05, 3.63) is 29.8 Å². The van der Waals surface area contributed by atoms with E-state index in [1.165, 1.54) is 0 Å². The zero-order chi connectivity index (χ0) is 15.4. The standard InChI is InChI=1S/C16H21NO4/c1-3-14(21-13-6-4-5-10(2)7-13)15(18)17-12-8-11(9-12)16(19)20/h4-7,11-12,14H,3,8-9H2,1-2H3,(H,17,18)(H,19,20). The molecular weight excluding hydrogens is 270 g/mol. The minimum absolute atomic E-state index is 0.0474. The lowest BCUT2D eigenvalue weighted by Crippen LogP contribution is -2.50. The Hall–Kier alpha value is -2.04. The SMILES string of the molecule is CCC(Oc1cccc(C)c1)C(=O)NC1CC(C(=O)O)C1. The number of carbonyl (C=O) groups excluding carboxylic acids is 1. The lowest BCUT2D eigenvalue weighted by molar-refractivity contribution is -0.146. The van der Waals surface area contributed by atoms with Gasteiger partial charge in [0, 0.05) is 6.04 Å². The summed E-state index contributed by atoms with van der Waals surface area (Å²) in [6, 6.07) is 7.52. The van der Waals surface area contributed by atoms with Crippen LogP contribution in [0.4, 0.5) is 0 Å². The van der Waals surface area contributed by atoms with Gasteiger partial charge in [-0.1, -0.05) is 19.1 Å². The number of nitrogens with one attached hydrogen (secondary N) is 1. The van der Waals surface area contributed by atoms with Crippen molar-refractivity contribution in [3.8, 4) is 5.75 Å². The van der Waals surface area contributed by atoms with Crippen LogP contribution in [0.1, 0.15) is 31.7 Å². The molecule has 1 saturated carbocycles. The number of aryl methyl sites for hydroxylation is 1. The summed E-state index contributed by atoms with van der Waals surface area (Å²) in [5.74, 6) is -0.613. The molecule has 5 nitrogen and oxygen atoms in total. The third kappa shape index (κ3) is 3.97. The minimum atomic E-state index is -0.788. The predicted molar refractivity (Wildman–Crippen MR) is 78.2 cm³/mol. The zero-order valence-corrected chi connectivity index (χ0v) is 12.3. The van der Waals surface area contributed by atoms with E-state index in [-0.39, 0.29) is 17.9 Å². The maximum absolute atomic E-state index is 12.2. The van der Waals surface area contributed by atoms with Crippen molar-refractivity contribution >= 4 is 11.9 Å². The Morgan fingerprint density at radius 2 is 2.14 bits per heavy atom. The second-order valence-electron chi connectivity index (χ2n) is 5.54. The Balaban J connectivity index is 1.86. The normalized spacial score (nSPS) is 22.0. The van der Waals surface area contributed by atoms with Crippen LogP contribution in [-0.4, -0.2) is 29.1 Å². The third-order valence-electron chi connectivity index (χ3n) is 3.76. The van der Waals surface area contributed by atoms with Gasteiger partial charge in [-0.3, -0.25) is 9.59 Å². The lowest BCUT2D eigenvalue weighted by atomic mass is 9.80. The van der Waals surface area contributed by atoms with Gasteiger partial charge in [0.2, 0.25) is 0 Å². The summed E-state index contributed by atoms with van der Waals surface area (Å²) in [5, 5.41) is 11.7. The van der Waals surface area contributed by atoms with Crippen LogP contribution in [0.25, 0.3) is 0 Å². The Bertz CT molecular complexity index is 523. The zero-order valence-electron chi connectivity index (χ0n) is 12.3. The van der Waals surface area contributed by atoms with Crippen molar-refractivity contribution in [1.82, 2.24) is 5.32 Å². The van der Waals surface area contributed by atoms with E-state index in [4.69, 9.17) is 9.84 Å². The fourth-order valence-electron chi connectivity index (χ4n) is 2.41. The number of hydrogen-bond acceptors (Lipinski definition) is 3. The summed E-state index contributed by atoms with van der Waals surface area (Å²) in [6.07, 6.45) is 1.02. The number of hydrogen-bond donors (Lipinski definition) is 2. The fraction of sp³-hybridized carbons (Fsp3) is 0.500. The average molecular weight is 291 g/mol. The first-order valence-electron chi connectivity index (χ1n) is 7.26. The molecule has 0 aliphatic heterocycles. The quantitative estimate of drug-likeness (QED) is 0.842. The van der Waals surface area contributed by atoms with Crippen molar-refractivity contribution in [1.29, 1.82) is 0 Å². The van der Waals surface area contributed by atoms with Crippen LogP contribution >= 0.6 is 0 Å². The van der Waals surface area contributed by atoms with Gasteiger partial charge in [-0.05, 0) is 43.9 Å². The Kier molecular flexibility index (Phi) is 4.83. The van der Waals surface area contributed by atoms with Crippen molar-refractivity contribution in [3.63, 3.8) is 0 Å². The van der Waals surface area contributed by atoms with Crippen LogP contribution in [0.5, 0.6) is 5.75 Å². The second-order valence-corrected chi connectivity index (χ2v) is 5.54. The van der Waals surface area contributed by atoms with Gasteiger partial charge in [-0.15, -0.1) is 0 Å². The first-order valence-corrected chi connectivity index (χ1v) is 7.26. The van der Waals surface area contributed by atoms with Gasteiger partial charge >= 0.3 is 5.97 Å². The molecule has 1 aromatic carbocycles. The highest BCUT2D eigenvalue weighted by atomic mass is 16.5. The maximum Gasteiger partial charge on any atom is 0.306 e. The number of carboxylic acids is 1. The largest absolute Gasteiger partial charge is 0.481 e. The highest BCUT2D eigenvalue weighted by Crippen LogP contribution is 2.27. The molecule has 0 bridgehead atoms. The third-order valence-corrected chi connectivity index (χ3v) is 3.76. The molecule has 0 radical (unpaired) electrons. The Labute approximate surface area is 124 Å². The molecule has 1 aromatic rings. The van der Waals surface area contributed by atoms with Crippen molar-refractivity contribution in [2.45, 2.75) is 45.3 Å². The minimum Gasteiger partial charge on any atom is -0.481 e. The first kappa shape index (κ1) is 15.4. The van der Waals surface area contributed by atoms with Gasteiger partial charge in [-0.25, -0.2) is 0 Å². The van der Waals surface area contributed by atoms with Gasteiger partial charge in [-0.2, -0.15) is 0 Å². The molecular formula is C16H21NO4. The van der Waals surface area contributed by atoms with E-state index < -0.39 is 12.1 Å². The van der Waals surface area contributed by atoms with Crippen molar-refractivity contribution in [2.24, 2.45) is 5.92 Å². The summed E-state index contributed by atoms with van der Waals surface area (Å²) in [5.41, 5.74) is 1.08. The fourth-order valence-corrected chi connectivity index (χ4v) is 2.41. The highest BCUT2D eigenvalue weighted by molar-refractivity contribution is 5.82. The molecule has 2 N–H and O–H groups in total. The predicted octanol–water partition coefficient (Wildman–Crippen LogP) is 2.13. The molecule has 0 aromatic heterocycles. The second kappa shape index (κ2) is 6.61. The molecule has 1 atom stereocenters. The van der Waals surface area contributed by atoms with Crippen LogP contribution in [-0.2, 0) is 9.59 Å². The van der Waals surface area contributed by atoms with Crippen LogP contribution in [0.3, 0.4) is 0 Å². The number of aliphatic carboxylic acids is 1. The maximum atomic E-state index is 12.2. The van der Waals surface area contributed by atoms with E-state index >= 15 is 0 Å². The van der Waals surface area contributed by atoms with E-state index in [0.29, 0.717) is 25.0 Å². The van der Waals surface area contributed by atoms with E-state index in [9.17, 15) is 9.59 Å². The highest BCUT2D eigenvalue weighted by Gasteiger charge is 2.36. The van der Waals surface area contributed by atoms with Crippen LogP contribution < -0.4 is 10.1 Å². The van der Waals surface area contributed by atoms with Crippen molar-refractivity contribution in [2.75, 3.05) is 0 Å². The number of ether oxygens (including phenoxy) is 1. The van der Waals surface area contributed by atoms with Gasteiger partial charge in [0.15, 0.2) is 6.10 Å². The molecule has 0 heterocycles. The number of carbonyl (C=O) groups is 2. The van der Waals surface area contributed by atoms with Gasteiger partial charge in [0.1, 0.15) is 5.75 Å². The molecule has 1 unspecified atom stereocenters. The van der Waals surface area contributed by atoms with Gasteiger partial charge in [0.25, 0.3) is 5.91 Å². The summed E-state index contributed by atoms with van der Waals surface area (Å²) < 4.78 is 5.72.